The Morgan fingerprint density at radius 1 is 1.23 bits per heavy atom. The van der Waals surface area contributed by atoms with Crippen molar-refractivity contribution in [3.8, 4) is 6.07 Å². The summed E-state index contributed by atoms with van der Waals surface area (Å²) in [6.45, 7) is 17.8. The lowest BCUT2D eigenvalue weighted by atomic mass is 10.1. The number of benzene rings is 1. The number of hydrogen-bond acceptors (Lipinski definition) is 3. The monoisotopic (exact) mass is 370 g/mol. The molecule has 26 heavy (non-hydrogen) atoms. The molecule has 0 radical (unpaired) electrons. The lowest BCUT2D eigenvalue weighted by Gasteiger charge is -2.06. The lowest BCUT2D eigenvalue weighted by molar-refractivity contribution is 0.834. The smallest absolute Gasteiger partial charge is 0.0988 e. The van der Waals surface area contributed by atoms with Gasteiger partial charge in [0.05, 0.1) is 6.07 Å². The fourth-order valence-electron chi connectivity index (χ4n) is 1.51. The van der Waals surface area contributed by atoms with Crippen molar-refractivity contribution in [1.29, 1.82) is 5.26 Å². The molecule has 0 aliphatic rings. The minimum absolute atomic E-state index is 0.333. The summed E-state index contributed by atoms with van der Waals surface area (Å²) < 4.78 is 0. The molecule has 0 fully saturated rings. The molecule has 0 spiro atoms. The van der Waals surface area contributed by atoms with Gasteiger partial charge in [0, 0.05) is 16.2 Å². The fourth-order valence-corrected chi connectivity index (χ4v) is 2.44. The zero-order valence-electron chi connectivity index (χ0n) is 17.0. The number of rotatable bonds is 7. The van der Waals surface area contributed by atoms with Gasteiger partial charge in [0.25, 0.3) is 0 Å². The Morgan fingerprint density at radius 3 is 2.23 bits per heavy atom. The van der Waals surface area contributed by atoms with Crippen molar-refractivity contribution < 1.29 is 0 Å². The van der Waals surface area contributed by atoms with E-state index in [2.05, 4.69) is 44.4 Å². The van der Waals surface area contributed by atoms with E-state index < -0.39 is 0 Å². The van der Waals surface area contributed by atoms with E-state index in [1.54, 1.807) is 11.8 Å². The van der Waals surface area contributed by atoms with E-state index in [1.807, 2.05) is 58.0 Å². The van der Waals surface area contributed by atoms with Gasteiger partial charge in [-0.05, 0) is 35.7 Å². The molecule has 0 saturated heterocycles. The average Bonchev–Trinajstić information content (AvgIpc) is 2.64. The van der Waals surface area contributed by atoms with Crippen molar-refractivity contribution in [1.82, 2.24) is 0 Å². The molecule has 2 nitrogen and oxygen atoms in total. The molecule has 0 aliphatic carbocycles. The zero-order chi connectivity index (χ0) is 20.4. The first-order chi connectivity index (χ1) is 12.4. The summed E-state index contributed by atoms with van der Waals surface area (Å²) in [6.07, 6.45) is 6.93. The van der Waals surface area contributed by atoms with Crippen LogP contribution in [-0.4, -0.2) is 11.8 Å². The van der Waals surface area contributed by atoms with E-state index in [0.29, 0.717) is 11.6 Å². The average molecular weight is 371 g/mol. The van der Waals surface area contributed by atoms with Crippen molar-refractivity contribution in [3.05, 3.63) is 78.4 Å². The first kappa shape index (κ1) is 26.2. The molecular formula is C23H34N2S. The van der Waals surface area contributed by atoms with E-state index in [9.17, 15) is 0 Å². The highest BCUT2D eigenvalue weighted by Gasteiger charge is 2.04. The molecule has 0 bridgehead atoms. The second-order valence-corrected chi connectivity index (χ2v) is 6.54. The molecule has 2 N–H and O–H groups in total. The van der Waals surface area contributed by atoms with Crippen LogP contribution in [0.15, 0.2) is 83.3 Å². The molecule has 0 aliphatic heterocycles. The molecule has 142 valence electrons. The third kappa shape index (κ3) is 15.5. The van der Waals surface area contributed by atoms with E-state index in [0.717, 1.165) is 23.3 Å². The van der Waals surface area contributed by atoms with Crippen LogP contribution in [0.4, 0.5) is 0 Å². The Kier molecular flexibility index (Phi) is 17.9. The molecule has 1 rings (SSSR count). The predicted octanol–water partition coefficient (Wildman–Crippen LogP) is 6.69. The topological polar surface area (TPSA) is 49.8 Å². The second kappa shape index (κ2) is 17.8. The summed E-state index contributed by atoms with van der Waals surface area (Å²) in [5, 5.41) is 9.04. The maximum atomic E-state index is 9.04. The number of allylic oxidation sites excluding steroid dienone is 5. The molecular weight excluding hydrogens is 336 g/mol. The first-order valence-electron chi connectivity index (χ1n) is 8.99. The Bertz CT molecular complexity index is 602. The van der Waals surface area contributed by atoms with Gasteiger partial charge in [0.2, 0.25) is 0 Å². The number of thioether (sulfide) groups is 1. The molecule has 0 heterocycles. The number of nitriles is 1. The molecule has 0 aromatic heterocycles. The van der Waals surface area contributed by atoms with Crippen LogP contribution in [0.25, 0.3) is 0 Å². The highest BCUT2D eigenvalue weighted by Crippen LogP contribution is 2.23. The highest BCUT2D eigenvalue weighted by atomic mass is 32.2. The van der Waals surface area contributed by atoms with Crippen LogP contribution in [0.2, 0.25) is 0 Å². The summed E-state index contributed by atoms with van der Waals surface area (Å²) in [5.41, 5.74) is 7.43. The zero-order valence-corrected chi connectivity index (χ0v) is 17.8. The molecule has 0 unspecified atom stereocenters. The number of nitrogens with zero attached hydrogens (tertiary/aromatic N) is 1. The van der Waals surface area contributed by atoms with Gasteiger partial charge < -0.3 is 5.73 Å². The van der Waals surface area contributed by atoms with E-state index in [4.69, 9.17) is 11.0 Å². The molecule has 1 aromatic rings. The Hall–Kier alpha value is -2.02. The number of nitrogens with two attached hydrogens (primary N) is 1. The van der Waals surface area contributed by atoms with Gasteiger partial charge in [-0.3, -0.25) is 0 Å². The van der Waals surface area contributed by atoms with Gasteiger partial charge in [-0.25, -0.2) is 0 Å². The van der Waals surface area contributed by atoms with Crippen LogP contribution in [0.5, 0.6) is 0 Å². The summed E-state index contributed by atoms with van der Waals surface area (Å²) in [7, 11) is 0. The molecule has 3 heteroatoms. The Morgan fingerprint density at radius 2 is 1.77 bits per heavy atom. The van der Waals surface area contributed by atoms with Gasteiger partial charge in [-0.15, -0.1) is 11.8 Å². The van der Waals surface area contributed by atoms with Crippen LogP contribution < -0.4 is 5.73 Å². The quantitative estimate of drug-likeness (QED) is 0.330. The van der Waals surface area contributed by atoms with Crippen molar-refractivity contribution in [2.24, 2.45) is 5.73 Å². The van der Waals surface area contributed by atoms with E-state index >= 15 is 0 Å². The van der Waals surface area contributed by atoms with Gasteiger partial charge >= 0.3 is 0 Å². The largest absolute Gasteiger partial charge is 0.328 e. The van der Waals surface area contributed by atoms with E-state index in [-0.39, 0.29) is 0 Å². The second-order valence-electron chi connectivity index (χ2n) is 5.49. The standard InChI is InChI=1S/C18H19NS.C3H9N.C2H6/c1-4-5-9-15(2)12-17(16(3)13-19)14-20-18-10-7-6-8-11-18;1-3(2)4;1-2/h5-12H,2-4,14H2,1H3;3H,4H2,1-2H3;1-2H3/b9-5-,17-12+;;. The minimum atomic E-state index is 0.333. The van der Waals surface area contributed by atoms with Crippen LogP contribution >= 0.6 is 11.8 Å². The maximum absolute atomic E-state index is 9.04. The summed E-state index contributed by atoms with van der Waals surface area (Å²) >= 11 is 1.69. The predicted molar refractivity (Wildman–Crippen MR) is 119 cm³/mol. The molecule has 0 amide bonds. The van der Waals surface area contributed by atoms with Crippen molar-refractivity contribution in [3.63, 3.8) is 0 Å². The molecule has 0 saturated carbocycles. The van der Waals surface area contributed by atoms with Crippen LogP contribution in [0.1, 0.15) is 41.0 Å². The van der Waals surface area contributed by atoms with Crippen LogP contribution in [-0.2, 0) is 0 Å². The summed E-state index contributed by atoms with van der Waals surface area (Å²) in [4.78, 5) is 1.18. The highest BCUT2D eigenvalue weighted by molar-refractivity contribution is 7.99. The van der Waals surface area contributed by atoms with Crippen molar-refractivity contribution in [2.45, 2.75) is 52.0 Å². The van der Waals surface area contributed by atoms with Gasteiger partial charge in [0.15, 0.2) is 0 Å². The molecule has 0 atom stereocenters. The van der Waals surface area contributed by atoms with Gasteiger partial charge in [0.1, 0.15) is 0 Å². The first-order valence-corrected chi connectivity index (χ1v) is 9.98. The maximum Gasteiger partial charge on any atom is 0.0988 e. The Labute approximate surface area is 165 Å². The third-order valence-electron chi connectivity index (χ3n) is 2.59. The van der Waals surface area contributed by atoms with Crippen LogP contribution in [0.3, 0.4) is 0 Å². The minimum Gasteiger partial charge on any atom is -0.328 e. The van der Waals surface area contributed by atoms with Gasteiger partial charge in [-0.2, -0.15) is 5.26 Å². The van der Waals surface area contributed by atoms with Gasteiger partial charge in [-0.1, -0.05) is 84.2 Å². The summed E-state index contributed by atoms with van der Waals surface area (Å²) in [6, 6.07) is 12.6. The van der Waals surface area contributed by atoms with Crippen LogP contribution in [0, 0.1) is 11.3 Å². The number of hydrogen-bond donors (Lipinski definition) is 1. The summed E-state index contributed by atoms with van der Waals surface area (Å²) in [5.74, 6) is 0.718. The normalized spacial score (nSPS) is 10.3. The fraction of sp³-hybridized carbons (Fsp3) is 0.348. The van der Waals surface area contributed by atoms with Crippen molar-refractivity contribution >= 4 is 11.8 Å². The molecule has 1 aromatic carbocycles. The lowest BCUT2D eigenvalue weighted by Crippen LogP contribution is -2.06. The SMILES string of the molecule is C=C(/C=C\CC)/C=C(\CSc1ccccc1)C(=C)C#N.CC.CC(C)N. The van der Waals surface area contributed by atoms with E-state index in [1.165, 1.54) is 4.90 Å². The Balaban J connectivity index is 0. The third-order valence-corrected chi connectivity index (χ3v) is 3.65. The van der Waals surface area contributed by atoms with Crippen molar-refractivity contribution in [2.75, 3.05) is 5.75 Å².